The third-order valence-corrected chi connectivity index (χ3v) is 0.643. The molecule has 1 nitrogen and oxygen atoms in total. The van der Waals surface area contributed by atoms with Crippen molar-refractivity contribution >= 4 is 35.7 Å². The molecule has 38 valence electrons. The maximum Gasteiger partial charge on any atom is 0.197 e. The molecule has 0 aromatic heterocycles. The maximum absolute atomic E-state index is 7.83. The summed E-state index contributed by atoms with van der Waals surface area (Å²) in [5.74, 6) is 1.11. The largest absolute Gasteiger partial charge is 0.197 e. The van der Waals surface area contributed by atoms with Crippen molar-refractivity contribution in [3.8, 4) is 0 Å². The Hall–Kier alpha value is 0.600. The monoisotopic (exact) mass is 146 g/mol. The van der Waals surface area contributed by atoms with E-state index in [4.69, 9.17) is 27.4 Å². The van der Waals surface area contributed by atoms with Crippen LogP contribution in [0.25, 0.3) is 0 Å². The number of hydrogen-bond donors (Lipinski definition) is 0. The van der Waals surface area contributed by atoms with E-state index in [1.54, 1.807) is 0 Å². The van der Waals surface area contributed by atoms with E-state index in [9.17, 15) is 0 Å². The van der Waals surface area contributed by atoms with Crippen LogP contribution in [0.5, 0.6) is 0 Å². The second-order valence-corrected chi connectivity index (χ2v) is 1.13. The molecule has 0 saturated carbocycles. The number of halogens is 2. The van der Waals surface area contributed by atoms with Gasteiger partial charge in [-0.05, 0) is 0 Å². The molecule has 0 heterocycles. The van der Waals surface area contributed by atoms with Crippen LogP contribution in [0.15, 0.2) is 0 Å². The second kappa shape index (κ2) is 17.5. The van der Waals surface area contributed by atoms with Crippen molar-refractivity contribution in [3.63, 3.8) is 0 Å². The summed E-state index contributed by atoms with van der Waals surface area (Å²) in [6.07, 6.45) is 0. The number of rotatable bonds is 1. The number of alkyl halides is 2. The van der Waals surface area contributed by atoms with Crippen molar-refractivity contribution in [1.82, 2.24) is 0 Å². The molecule has 0 N–H and O–H groups in total. The molecule has 0 aliphatic rings. The van der Waals surface area contributed by atoms with Crippen molar-refractivity contribution in [3.05, 3.63) is 0 Å². The molecule has 0 aromatic rings. The molecule has 0 unspecified atom stereocenters. The summed E-state index contributed by atoms with van der Waals surface area (Å²) in [6, 6.07) is 0. The van der Waals surface area contributed by atoms with Crippen molar-refractivity contribution in [2.75, 3.05) is 11.8 Å². The average molecular weight is 147 g/mol. The van der Waals surface area contributed by atoms with Gasteiger partial charge in [-0.2, -0.15) is 4.21 Å². The normalized spacial score (nSPS) is 5.67. The Morgan fingerprint density at radius 1 is 1.17 bits per heavy atom. The first-order valence-corrected chi connectivity index (χ1v) is 2.60. The molecule has 0 saturated heterocycles. The highest BCUT2D eigenvalue weighted by molar-refractivity contribution is 7.44. The van der Waals surface area contributed by atoms with E-state index in [0.717, 1.165) is 0 Å². The van der Waals surface area contributed by atoms with E-state index in [2.05, 4.69) is 12.5 Å². The molecule has 4 heteroatoms. The molecule has 0 fully saturated rings. The van der Waals surface area contributed by atoms with E-state index in [0.29, 0.717) is 11.8 Å². The Kier molecular flexibility index (Phi) is 28.6. The first kappa shape index (κ1) is 9.78. The molecule has 0 atom stereocenters. The van der Waals surface area contributed by atoms with Gasteiger partial charge in [0, 0.05) is 11.8 Å². The Labute approximate surface area is 52.2 Å². The minimum Gasteiger partial charge on any atom is -0.197 e. The molecule has 0 aliphatic heterocycles. The van der Waals surface area contributed by atoms with Gasteiger partial charge in [0.05, 0.1) is 0 Å². The lowest BCUT2D eigenvalue weighted by Crippen LogP contribution is -1.63. The third-order valence-electron chi connectivity index (χ3n) is 0.0714. The van der Waals surface area contributed by atoms with Crippen LogP contribution in [-0.4, -0.2) is 16.0 Å². The zero-order chi connectivity index (χ0) is 5.41. The van der Waals surface area contributed by atoms with E-state index in [1.807, 2.05) is 0 Å². The van der Waals surface area contributed by atoms with Crippen molar-refractivity contribution < 1.29 is 4.21 Å². The van der Waals surface area contributed by atoms with Gasteiger partial charge in [-0.25, -0.2) is 0 Å². The van der Waals surface area contributed by atoms with Crippen LogP contribution in [0.3, 0.4) is 0 Å². The Morgan fingerprint density at radius 3 is 1.33 bits per heavy atom. The molecular weight excluding hydrogens is 143 g/mol. The Morgan fingerprint density at radius 2 is 1.33 bits per heavy atom. The van der Waals surface area contributed by atoms with E-state index in [1.165, 1.54) is 0 Å². The zero-order valence-electron chi connectivity index (χ0n) is 2.99. The smallest absolute Gasteiger partial charge is 0.197 e. The van der Waals surface area contributed by atoms with Crippen LogP contribution in [-0.2, 0) is 12.5 Å². The predicted octanol–water partition coefficient (Wildman–Crippen LogP) is 1.13. The quantitative estimate of drug-likeness (QED) is 0.517. The first-order chi connectivity index (χ1) is 2.91. The van der Waals surface area contributed by atoms with Gasteiger partial charge in [-0.3, -0.25) is 0 Å². The molecule has 0 aromatic carbocycles. The summed E-state index contributed by atoms with van der Waals surface area (Å²) in [6.45, 7) is 0. The molecule has 0 bridgehead atoms. The van der Waals surface area contributed by atoms with Crippen molar-refractivity contribution in [2.24, 2.45) is 0 Å². The molecule has 0 spiro atoms. The molecule has 0 radical (unpaired) electrons. The topological polar surface area (TPSA) is 17.1 Å². The summed E-state index contributed by atoms with van der Waals surface area (Å²) in [4.78, 5) is 0. The molecular formula is C2H4Cl2OS. The molecule has 0 aliphatic carbocycles. The van der Waals surface area contributed by atoms with Crippen LogP contribution < -0.4 is 0 Å². The lowest BCUT2D eigenvalue weighted by molar-refractivity contribution is 0.702. The minimum atomic E-state index is 0.557. The van der Waals surface area contributed by atoms with Crippen LogP contribution in [0, 0.1) is 0 Å². The van der Waals surface area contributed by atoms with Crippen LogP contribution >= 0.6 is 23.2 Å². The van der Waals surface area contributed by atoms with Gasteiger partial charge >= 0.3 is 0 Å². The van der Waals surface area contributed by atoms with Crippen molar-refractivity contribution in [2.45, 2.75) is 0 Å². The van der Waals surface area contributed by atoms with Crippen LogP contribution in [0.1, 0.15) is 0 Å². The van der Waals surface area contributed by atoms with E-state index < -0.39 is 0 Å². The summed E-state index contributed by atoms with van der Waals surface area (Å²) >= 11 is 12.9. The fourth-order valence-corrected chi connectivity index (χ4v) is 0. The maximum atomic E-state index is 7.83. The average Bonchev–Trinajstić information content (AvgIpc) is 1.72. The number of hydrogen-bond acceptors (Lipinski definition) is 2. The highest BCUT2D eigenvalue weighted by Gasteiger charge is 1.61. The van der Waals surface area contributed by atoms with Gasteiger partial charge in [-0.1, -0.05) is 0 Å². The molecule has 0 amide bonds. The zero-order valence-corrected chi connectivity index (χ0v) is 5.31. The van der Waals surface area contributed by atoms with Gasteiger partial charge in [0.2, 0.25) is 0 Å². The van der Waals surface area contributed by atoms with Crippen LogP contribution in [0.4, 0.5) is 0 Å². The lowest BCUT2D eigenvalue weighted by Gasteiger charge is -1.63. The Balaban J connectivity index is 0. The van der Waals surface area contributed by atoms with Gasteiger partial charge in [0.25, 0.3) is 0 Å². The van der Waals surface area contributed by atoms with Gasteiger partial charge in [0.15, 0.2) is 12.5 Å². The second-order valence-electron chi connectivity index (χ2n) is 0.378. The fraction of sp³-hybridized carbons (Fsp3) is 1.00. The fourth-order valence-electron chi connectivity index (χ4n) is 0. The van der Waals surface area contributed by atoms with Crippen molar-refractivity contribution in [1.29, 1.82) is 0 Å². The highest BCUT2D eigenvalue weighted by Crippen LogP contribution is 1.75. The Bertz CT molecular complexity index is 19.0. The third kappa shape index (κ3) is 23.3. The van der Waals surface area contributed by atoms with Crippen LogP contribution in [0.2, 0.25) is 0 Å². The minimum absolute atomic E-state index is 0.557. The summed E-state index contributed by atoms with van der Waals surface area (Å²) in [5, 5.41) is 0. The summed E-state index contributed by atoms with van der Waals surface area (Å²) in [5.41, 5.74) is 0. The van der Waals surface area contributed by atoms with Gasteiger partial charge in [-0.15, -0.1) is 23.2 Å². The van der Waals surface area contributed by atoms with E-state index >= 15 is 0 Å². The highest BCUT2D eigenvalue weighted by atomic mass is 35.5. The first-order valence-electron chi connectivity index (χ1n) is 1.20. The van der Waals surface area contributed by atoms with E-state index in [-0.39, 0.29) is 0 Å². The summed E-state index contributed by atoms with van der Waals surface area (Å²) < 4.78 is 7.83. The standard InChI is InChI=1S/C2H4Cl2.OS/c3-1-2-4;1-2/h1-2H2;. The SMILES string of the molecule is ClCCCl.O=S. The van der Waals surface area contributed by atoms with Gasteiger partial charge < -0.3 is 0 Å². The molecule has 0 rings (SSSR count). The predicted molar refractivity (Wildman–Crippen MR) is 29.6 cm³/mol. The lowest BCUT2D eigenvalue weighted by atomic mass is 11.0. The summed E-state index contributed by atoms with van der Waals surface area (Å²) in [7, 11) is 0. The van der Waals surface area contributed by atoms with Gasteiger partial charge in [0.1, 0.15) is 0 Å². The molecule has 6 heavy (non-hydrogen) atoms.